The van der Waals surface area contributed by atoms with Crippen molar-refractivity contribution in [2.45, 2.75) is 4.90 Å². The zero-order chi connectivity index (χ0) is 21.5. The van der Waals surface area contributed by atoms with Gasteiger partial charge < -0.3 is 4.74 Å². The van der Waals surface area contributed by atoms with E-state index in [9.17, 15) is 18.5 Å². The lowest BCUT2D eigenvalue weighted by molar-refractivity contribution is -0.383. The summed E-state index contributed by atoms with van der Waals surface area (Å²) in [6.07, 6.45) is 2.61. The highest BCUT2D eigenvalue weighted by atomic mass is 32.2. The molecule has 30 heavy (non-hydrogen) atoms. The minimum Gasteiger partial charge on any atom is -0.496 e. The number of methoxy groups -OCH3 is 1. The average molecular weight is 425 g/mol. The van der Waals surface area contributed by atoms with Crippen LogP contribution in [-0.4, -0.2) is 35.0 Å². The van der Waals surface area contributed by atoms with E-state index in [0.29, 0.717) is 28.1 Å². The molecule has 0 aliphatic carbocycles. The maximum Gasteiger partial charge on any atom is 0.333 e. The summed E-state index contributed by atoms with van der Waals surface area (Å²) in [5, 5.41) is 20.5. The van der Waals surface area contributed by atoms with Crippen molar-refractivity contribution in [3.63, 3.8) is 0 Å². The summed E-state index contributed by atoms with van der Waals surface area (Å²) in [5.41, 5.74) is 2.40. The number of rotatable bonds is 5. The molecule has 0 aliphatic heterocycles. The second kappa shape index (κ2) is 7.21. The van der Waals surface area contributed by atoms with Crippen molar-refractivity contribution in [2.75, 3.05) is 7.11 Å². The minimum atomic E-state index is -3.90. The second-order valence-electron chi connectivity index (χ2n) is 6.34. The van der Waals surface area contributed by atoms with Crippen LogP contribution in [0.1, 0.15) is 0 Å². The van der Waals surface area contributed by atoms with Crippen molar-refractivity contribution in [3.8, 4) is 28.1 Å². The van der Waals surface area contributed by atoms with Crippen molar-refractivity contribution < 1.29 is 18.1 Å². The molecular weight excluding hydrogens is 410 g/mol. The Bertz CT molecular complexity index is 1400. The topological polar surface area (TPSA) is 143 Å². The van der Waals surface area contributed by atoms with Crippen LogP contribution in [0.4, 0.5) is 5.69 Å². The maximum absolute atomic E-state index is 11.8. The average Bonchev–Trinajstić information content (AvgIpc) is 3.17. The van der Waals surface area contributed by atoms with Crippen LogP contribution in [0.3, 0.4) is 0 Å². The lowest BCUT2D eigenvalue weighted by Crippen LogP contribution is -2.12. The fourth-order valence-electron chi connectivity index (χ4n) is 3.16. The Balaban J connectivity index is 1.90. The molecule has 2 heterocycles. The van der Waals surface area contributed by atoms with Gasteiger partial charge in [-0.2, -0.15) is 5.10 Å². The second-order valence-corrected chi connectivity index (χ2v) is 7.90. The first-order chi connectivity index (χ1) is 14.3. The quantitative estimate of drug-likeness (QED) is 0.382. The van der Waals surface area contributed by atoms with E-state index in [0.717, 1.165) is 6.20 Å². The number of hydrogen-bond donors (Lipinski definition) is 1. The standard InChI is InChI=1S/C19H15N5O5S/c1-29-18-6-5-14(30(20,27)28)10-15(18)12-3-2-4-13(9-12)16-7-8-21-19-17(24(25)26)11-22-23(16)19/h2-11H,1H3,(H2,20,27,28). The minimum absolute atomic E-state index is 0.0438. The first-order valence-electron chi connectivity index (χ1n) is 8.58. The smallest absolute Gasteiger partial charge is 0.333 e. The molecule has 11 heteroatoms. The Labute approximate surface area is 170 Å². The Morgan fingerprint density at radius 2 is 1.90 bits per heavy atom. The zero-order valence-electron chi connectivity index (χ0n) is 15.6. The van der Waals surface area contributed by atoms with Crippen LogP contribution >= 0.6 is 0 Å². The molecule has 0 radical (unpaired) electrons. The molecule has 0 aliphatic rings. The Morgan fingerprint density at radius 1 is 1.13 bits per heavy atom. The maximum atomic E-state index is 11.8. The van der Waals surface area contributed by atoms with Gasteiger partial charge in [0.15, 0.2) is 0 Å². The van der Waals surface area contributed by atoms with Crippen molar-refractivity contribution in [2.24, 2.45) is 5.14 Å². The molecule has 2 N–H and O–H groups in total. The zero-order valence-corrected chi connectivity index (χ0v) is 16.4. The Hall–Kier alpha value is -3.83. The van der Waals surface area contributed by atoms with E-state index in [1.54, 1.807) is 24.3 Å². The molecule has 0 saturated carbocycles. The summed E-state index contributed by atoms with van der Waals surface area (Å²) in [5.74, 6) is 0.467. The van der Waals surface area contributed by atoms with Gasteiger partial charge in [-0.3, -0.25) is 10.1 Å². The lowest BCUT2D eigenvalue weighted by Gasteiger charge is -2.12. The van der Waals surface area contributed by atoms with Crippen molar-refractivity contribution in [1.82, 2.24) is 14.6 Å². The van der Waals surface area contributed by atoms with Gasteiger partial charge in [0.2, 0.25) is 15.7 Å². The van der Waals surface area contributed by atoms with E-state index in [1.165, 1.54) is 36.0 Å². The molecule has 4 aromatic rings. The third-order valence-corrected chi connectivity index (χ3v) is 5.46. The molecule has 152 valence electrons. The highest BCUT2D eigenvalue weighted by Crippen LogP contribution is 2.34. The van der Waals surface area contributed by atoms with Crippen LogP contribution in [-0.2, 0) is 10.0 Å². The van der Waals surface area contributed by atoms with E-state index in [1.807, 2.05) is 6.07 Å². The van der Waals surface area contributed by atoms with Gasteiger partial charge in [0.25, 0.3) is 0 Å². The van der Waals surface area contributed by atoms with Crippen LogP contribution in [0.5, 0.6) is 5.75 Å². The first-order valence-corrected chi connectivity index (χ1v) is 10.1. The van der Waals surface area contributed by atoms with Crippen molar-refractivity contribution in [3.05, 3.63) is 71.0 Å². The summed E-state index contributed by atoms with van der Waals surface area (Å²) >= 11 is 0. The lowest BCUT2D eigenvalue weighted by atomic mass is 10.0. The monoisotopic (exact) mass is 425 g/mol. The van der Waals surface area contributed by atoms with E-state index >= 15 is 0 Å². The molecule has 4 rings (SSSR count). The van der Waals surface area contributed by atoms with Gasteiger partial charge in [-0.05, 0) is 35.9 Å². The fraction of sp³-hybridized carbons (Fsp3) is 0.0526. The van der Waals surface area contributed by atoms with Gasteiger partial charge in [-0.1, -0.05) is 18.2 Å². The van der Waals surface area contributed by atoms with E-state index in [2.05, 4.69) is 10.1 Å². The summed E-state index contributed by atoms with van der Waals surface area (Å²) in [4.78, 5) is 14.7. The van der Waals surface area contributed by atoms with Gasteiger partial charge in [-0.25, -0.2) is 23.1 Å². The normalized spacial score (nSPS) is 11.5. The predicted molar refractivity (Wildman–Crippen MR) is 108 cm³/mol. The number of nitrogens with zero attached hydrogens (tertiary/aromatic N) is 4. The third-order valence-electron chi connectivity index (χ3n) is 4.55. The van der Waals surface area contributed by atoms with Crippen molar-refractivity contribution >= 4 is 21.4 Å². The van der Waals surface area contributed by atoms with Crippen molar-refractivity contribution in [1.29, 1.82) is 0 Å². The highest BCUT2D eigenvalue weighted by Gasteiger charge is 2.19. The summed E-state index contributed by atoms with van der Waals surface area (Å²) in [6.45, 7) is 0. The van der Waals surface area contributed by atoms with Crippen LogP contribution in [0.15, 0.2) is 65.8 Å². The Kier molecular flexibility index (Phi) is 4.68. The number of ether oxygens (including phenoxy) is 1. The third kappa shape index (κ3) is 3.36. The molecule has 0 atom stereocenters. The van der Waals surface area contributed by atoms with Crippen LogP contribution < -0.4 is 9.88 Å². The number of benzene rings is 2. The first kappa shape index (κ1) is 19.5. The van der Waals surface area contributed by atoms with E-state index in [4.69, 9.17) is 9.88 Å². The Morgan fingerprint density at radius 3 is 2.60 bits per heavy atom. The van der Waals surface area contributed by atoms with Gasteiger partial charge in [0, 0.05) is 17.3 Å². The number of aromatic nitrogens is 3. The van der Waals surface area contributed by atoms with Gasteiger partial charge in [0.1, 0.15) is 11.9 Å². The molecular formula is C19H15N5O5S. The highest BCUT2D eigenvalue weighted by molar-refractivity contribution is 7.89. The van der Waals surface area contributed by atoms with Gasteiger partial charge >= 0.3 is 5.69 Å². The number of primary sulfonamides is 1. The number of fused-ring (bicyclic) bond motifs is 1. The van der Waals surface area contributed by atoms with Crippen LogP contribution in [0, 0.1) is 10.1 Å². The molecule has 2 aromatic carbocycles. The van der Waals surface area contributed by atoms with Gasteiger partial charge in [0.05, 0.1) is 22.6 Å². The molecule has 10 nitrogen and oxygen atoms in total. The number of sulfonamides is 1. The molecule has 0 amide bonds. The summed E-state index contributed by atoms with van der Waals surface area (Å²) in [7, 11) is -2.42. The molecule has 0 saturated heterocycles. The number of nitro groups is 1. The molecule has 0 spiro atoms. The van der Waals surface area contributed by atoms with Crippen LogP contribution in [0.2, 0.25) is 0 Å². The SMILES string of the molecule is COc1ccc(S(N)(=O)=O)cc1-c1cccc(-c2ccnc3c([N+](=O)[O-])cnn23)c1. The molecule has 0 fully saturated rings. The van der Waals surface area contributed by atoms with E-state index < -0.39 is 14.9 Å². The van der Waals surface area contributed by atoms with Crippen LogP contribution in [0.25, 0.3) is 28.0 Å². The van der Waals surface area contributed by atoms with E-state index in [-0.39, 0.29) is 16.2 Å². The predicted octanol–water partition coefficient (Wildman–Crippen LogP) is 2.63. The number of hydrogen-bond acceptors (Lipinski definition) is 7. The fourth-order valence-corrected chi connectivity index (χ4v) is 3.70. The molecule has 0 unspecified atom stereocenters. The molecule has 0 bridgehead atoms. The number of nitrogens with two attached hydrogens (primary N) is 1. The summed E-state index contributed by atoms with van der Waals surface area (Å²) < 4.78 is 30.3. The largest absolute Gasteiger partial charge is 0.496 e. The van der Waals surface area contributed by atoms with Gasteiger partial charge in [-0.15, -0.1) is 0 Å². The molecule has 2 aromatic heterocycles. The summed E-state index contributed by atoms with van der Waals surface area (Å²) in [6, 6.07) is 13.2.